The van der Waals surface area contributed by atoms with E-state index in [4.69, 9.17) is 9.47 Å². The number of likely N-dealkylation sites (tertiary alicyclic amines) is 1. The van der Waals surface area contributed by atoms with Gasteiger partial charge in [0.1, 0.15) is 17.4 Å². The summed E-state index contributed by atoms with van der Waals surface area (Å²) in [7, 11) is 1.65. The van der Waals surface area contributed by atoms with Crippen molar-refractivity contribution in [1.82, 2.24) is 10.2 Å². The third-order valence-electron chi connectivity index (χ3n) is 5.00. The molecule has 2 amide bonds. The van der Waals surface area contributed by atoms with E-state index in [1.165, 1.54) is 23.3 Å². The Kier molecular flexibility index (Phi) is 5.63. The minimum atomic E-state index is -0.572. The molecular formula is C21H30N2O4. The first-order valence-corrected chi connectivity index (χ1v) is 9.72. The van der Waals surface area contributed by atoms with Crippen molar-refractivity contribution >= 4 is 12.0 Å². The number of hydrogen-bond donors (Lipinski definition) is 1. The van der Waals surface area contributed by atoms with Crippen LogP contribution in [0.3, 0.4) is 0 Å². The number of ether oxygens (including phenoxy) is 2. The number of amides is 2. The smallest absolute Gasteiger partial charge is 0.410 e. The summed E-state index contributed by atoms with van der Waals surface area (Å²) >= 11 is 0. The molecule has 1 heterocycles. The number of nitrogens with zero attached hydrogens (tertiary/aromatic N) is 1. The largest absolute Gasteiger partial charge is 0.496 e. The van der Waals surface area contributed by atoms with Gasteiger partial charge in [-0.25, -0.2) is 4.79 Å². The van der Waals surface area contributed by atoms with Crippen molar-refractivity contribution in [3.05, 3.63) is 29.3 Å². The molecule has 1 aliphatic carbocycles. The lowest BCUT2D eigenvalue weighted by Crippen LogP contribution is -2.47. The fourth-order valence-corrected chi connectivity index (χ4v) is 3.46. The maximum atomic E-state index is 12.7. The van der Waals surface area contributed by atoms with Gasteiger partial charge in [-0.1, -0.05) is 12.1 Å². The maximum absolute atomic E-state index is 12.7. The van der Waals surface area contributed by atoms with E-state index in [2.05, 4.69) is 17.4 Å². The van der Waals surface area contributed by atoms with Gasteiger partial charge in [-0.15, -0.1) is 0 Å². The molecule has 27 heavy (non-hydrogen) atoms. The normalized spacial score (nSPS) is 19.7. The summed E-state index contributed by atoms with van der Waals surface area (Å²) < 4.78 is 10.9. The van der Waals surface area contributed by atoms with Crippen LogP contribution in [0.25, 0.3) is 0 Å². The van der Waals surface area contributed by atoms with Gasteiger partial charge in [0.2, 0.25) is 5.91 Å². The average molecular weight is 374 g/mol. The van der Waals surface area contributed by atoms with E-state index in [9.17, 15) is 9.59 Å². The van der Waals surface area contributed by atoms with Crippen molar-refractivity contribution in [2.75, 3.05) is 13.7 Å². The van der Waals surface area contributed by atoms with Gasteiger partial charge in [0, 0.05) is 18.7 Å². The molecule has 0 unspecified atom stereocenters. The van der Waals surface area contributed by atoms with Gasteiger partial charge >= 0.3 is 6.09 Å². The van der Waals surface area contributed by atoms with Crippen molar-refractivity contribution < 1.29 is 19.1 Å². The van der Waals surface area contributed by atoms with Crippen molar-refractivity contribution in [2.24, 2.45) is 0 Å². The van der Waals surface area contributed by atoms with E-state index < -0.39 is 17.7 Å². The topological polar surface area (TPSA) is 67.9 Å². The van der Waals surface area contributed by atoms with Crippen molar-refractivity contribution in [1.29, 1.82) is 0 Å². The van der Waals surface area contributed by atoms with Crippen LogP contribution in [0.4, 0.5) is 4.79 Å². The second kappa shape index (κ2) is 7.79. The molecule has 1 aromatic carbocycles. The van der Waals surface area contributed by atoms with Gasteiger partial charge in [0.05, 0.1) is 7.11 Å². The summed E-state index contributed by atoms with van der Waals surface area (Å²) in [5.74, 6) is 1.31. The van der Waals surface area contributed by atoms with Gasteiger partial charge in [-0.05, 0) is 64.0 Å². The van der Waals surface area contributed by atoms with Crippen LogP contribution >= 0.6 is 0 Å². The summed E-state index contributed by atoms with van der Waals surface area (Å²) in [5.41, 5.74) is 1.67. The number of nitrogens with one attached hydrogen (secondary N) is 1. The second-order valence-electron chi connectivity index (χ2n) is 8.40. The van der Waals surface area contributed by atoms with Gasteiger partial charge in [-0.3, -0.25) is 9.69 Å². The first-order chi connectivity index (χ1) is 12.8. The first-order valence-electron chi connectivity index (χ1n) is 9.72. The number of benzene rings is 1. The molecule has 148 valence electrons. The van der Waals surface area contributed by atoms with Crippen molar-refractivity contribution in [3.8, 4) is 5.75 Å². The molecule has 0 spiro atoms. The zero-order chi connectivity index (χ0) is 19.6. The summed E-state index contributed by atoms with van der Waals surface area (Å²) in [4.78, 5) is 26.6. The highest BCUT2D eigenvalue weighted by atomic mass is 16.6. The van der Waals surface area contributed by atoms with Crippen LogP contribution in [0.1, 0.15) is 63.5 Å². The molecule has 0 radical (unpaired) electrons. The summed E-state index contributed by atoms with van der Waals surface area (Å²) in [6.07, 6.45) is 3.51. The standard InChI is InChI=1S/C21H30N2O4/c1-21(2,3)27-20(25)23-11-5-6-17(23)19(24)22-13-16-10-9-15(14-7-8-14)12-18(16)26-4/h9-10,12,14,17H,5-8,11,13H2,1-4H3,(H,22,24)/t17-/m0/s1. The van der Waals surface area contributed by atoms with Crippen LogP contribution in [0.2, 0.25) is 0 Å². The number of hydrogen-bond acceptors (Lipinski definition) is 4. The lowest BCUT2D eigenvalue weighted by atomic mass is 10.1. The highest BCUT2D eigenvalue weighted by Crippen LogP contribution is 2.41. The third-order valence-corrected chi connectivity index (χ3v) is 5.00. The minimum absolute atomic E-state index is 0.147. The van der Waals surface area contributed by atoms with E-state index in [1.54, 1.807) is 7.11 Å². The molecule has 0 bridgehead atoms. The van der Waals surface area contributed by atoms with Crippen LogP contribution in [0, 0.1) is 0 Å². The fraction of sp³-hybridized carbons (Fsp3) is 0.619. The van der Waals surface area contributed by atoms with Gasteiger partial charge in [0.15, 0.2) is 0 Å². The molecule has 0 aromatic heterocycles. The molecule has 1 saturated carbocycles. The van der Waals surface area contributed by atoms with Crippen LogP contribution in [0.5, 0.6) is 5.75 Å². The van der Waals surface area contributed by atoms with Crippen LogP contribution in [-0.2, 0) is 16.1 Å². The van der Waals surface area contributed by atoms with Crippen LogP contribution in [-0.4, -0.2) is 42.2 Å². The summed E-state index contributed by atoms with van der Waals surface area (Å²) in [5, 5.41) is 2.96. The molecule has 2 aliphatic rings. The van der Waals surface area contributed by atoms with E-state index >= 15 is 0 Å². The SMILES string of the molecule is COc1cc(C2CC2)ccc1CNC(=O)[C@@H]1CCCN1C(=O)OC(C)(C)C. The van der Waals surface area contributed by atoms with Crippen molar-refractivity contribution in [2.45, 2.75) is 70.6 Å². The molecule has 1 aliphatic heterocycles. The zero-order valence-corrected chi connectivity index (χ0v) is 16.7. The van der Waals surface area contributed by atoms with E-state index in [1.807, 2.05) is 26.8 Å². The first kappa shape index (κ1) is 19.5. The maximum Gasteiger partial charge on any atom is 0.410 e. The molecule has 2 fully saturated rings. The predicted octanol–water partition coefficient (Wildman–Crippen LogP) is 3.59. The number of carbonyl (C=O) groups is 2. The average Bonchev–Trinajstić information content (AvgIpc) is 3.34. The Morgan fingerprint density at radius 1 is 1.22 bits per heavy atom. The molecule has 6 nitrogen and oxygen atoms in total. The van der Waals surface area contributed by atoms with Gasteiger partial charge in [0.25, 0.3) is 0 Å². The van der Waals surface area contributed by atoms with Gasteiger partial charge < -0.3 is 14.8 Å². The van der Waals surface area contributed by atoms with Crippen molar-refractivity contribution in [3.63, 3.8) is 0 Å². The monoisotopic (exact) mass is 374 g/mol. The summed E-state index contributed by atoms with van der Waals surface area (Å²) in [6, 6.07) is 5.73. The Balaban J connectivity index is 1.60. The quantitative estimate of drug-likeness (QED) is 0.855. The molecule has 1 atom stereocenters. The molecule has 1 aromatic rings. The summed E-state index contributed by atoms with van der Waals surface area (Å²) in [6.45, 7) is 6.41. The Morgan fingerprint density at radius 3 is 2.59 bits per heavy atom. The van der Waals surface area contributed by atoms with Gasteiger partial charge in [-0.2, -0.15) is 0 Å². The fourth-order valence-electron chi connectivity index (χ4n) is 3.46. The molecule has 6 heteroatoms. The molecular weight excluding hydrogens is 344 g/mol. The molecule has 1 N–H and O–H groups in total. The highest BCUT2D eigenvalue weighted by molar-refractivity contribution is 5.86. The Labute approximate surface area is 161 Å². The Morgan fingerprint density at radius 2 is 1.96 bits per heavy atom. The second-order valence-corrected chi connectivity index (χ2v) is 8.40. The minimum Gasteiger partial charge on any atom is -0.496 e. The Bertz CT molecular complexity index is 707. The van der Waals surface area contributed by atoms with E-state index in [-0.39, 0.29) is 5.91 Å². The number of carbonyl (C=O) groups excluding carboxylic acids is 2. The van der Waals surface area contributed by atoms with Crippen LogP contribution < -0.4 is 10.1 Å². The third kappa shape index (κ3) is 4.93. The lowest BCUT2D eigenvalue weighted by molar-refractivity contribution is -0.125. The number of rotatable bonds is 5. The Hall–Kier alpha value is -2.24. The molecule has 3 rings (SSSR count). The predicted molar refractivity (Wildman–Crippen MR) is 103 cm³/mol. The number of methoxy groups -OCH3 is 1. The van der Waals surface area contributed by atoms with E-state index in [0.29, 0.717) is 25.4 Å². The van der Waals surface area contributed by atoms with E-state index in [0.717, 1.165) is 17.7 Å². The lowest BCUT2D eigenvalue weighted by Gasteiger charge is -2.28. The molecule has 1 saturated heterocycles. The van der Waals surface area contributed by atoms with Crippen LogP contribution in [0.15, 0.2) is 18.2 Å². The zero-order valence-electron chi connectivity index (χ0n) is 16.7. The highest BCUT2D eigenvalue weighted by Gasteiger charge is 2.36.